The first-order valence-electron chi connectivity index (χ1n) is 10.1. The second-order valence-electron chi connectivity index (χ2n) is 7.92. The lowest BCUT2D eigenvalue weighted by atomic mass is 9.88. The number of pyridine rings is 1. The molecule has 1 saturated heterocycles. The van der Waals surface area contributed by atoms with E-state index in [0.29, 0.717) is 22.4 Å². The summed E-state index contributed by atoms with van der Waals surface area (Å²) in [6, 6.07) is 5.46. The maximum absolute atomic E-state index is 14.4. The molecule has 4 rings (SSSR count). The van der Waals surface area contributed by atoms with Crippen LogP contribution in [0, 0.1) is 5.82 Å². The Kier molecular flexibility index (Phi) is 6.14. The number of nitrogens with two attached hydrogens (primary N) is 1. The molecule has 33 heavy (non-hydrogen) atoms. The molecule has 0 atom stereocenters. The molecule has 0 saturated carbocycles. The Labute approximate surface area is 188 Å². The standard InChI is InChI=1S/C21H22F3N5O3S/c1-32-20-17-14(9-15(29-20)21(25)5-7-33(30,31)8-6-21)19(28-11-27-17)26-10-12-3-2-4-13(16(12)22)18(23)24/h2-4,9,11,18H,5-8,10,25H2,1H3,(H,26,27,28). The van der Waals surface area contributed by atoms with Crippen molar-refractivity contribution in [1.82, 2.24) is 15.0 Å². The monoisotopic (exact) mass is 481 g/mol. The number of nitrogens with zero attached hydrogens (tertiary/aromatic N) is 3. The average molecular weight is 482 g/mol. The van der Waals surface area contributed by atoms with Crippen LogP contribution >= 0.6 is 0 Å². The molecule has 0 unspecified atom stereocenters. The maximum atomic E-state index is 14.4. The summed E-state index contributed by atoms with van der Waals surface area (Å²) in [5.74, 6) is -0.612. The largest absolute Gasteiger partial charge is 0.479 e. The number of ether oxygens (including phenoxy) is 1. The SMILES string of the molecule is COc1nc(C2(N)CCS(=O)(=O)CC2)cc2c(NCc3cccc(C(F)F)c3F)ncnc12. The second kappa shape index (κ2) is 8.75. The third kappa shape index (κ3) is 4.58. The molecule has 3 N–H and O–H groups in total. The topological polar surface area (TPSA) is 120 Å². The van der Waals surface area contributed by atoms with Crippen LogP contribution in [0.25, 0.3) is 10.9 Å². The molecule has 2 aromatic heterocycles. The normalized spacial score (nSPS) is 17.3. The number of aromatic nitrogens is 3. The molecule has 176 valence electrons. The summed E-state index contributed by atoms with van der Waals surface area (Å²) in [5.41, 5.74) is 5.71. The lowest BCUT2D eigenvalue weighted by Crippen LogP contribution is -2.45. The van der Waals surface area contributed by atoms with Crippen LogP contribution in [0.4, 0.5) is 19.0 Å². The van der Waals surface area contributed by atoms with Gasteiger partial charge in [-0.1, -0.05) is 18.2 Å². The van der Waals surface area contributed by atoms with Gasteiger partial charge in [-0.2, -0.15) is 0 Å². The zero-order valence-corrected chi connectivity index (χ0v) is 18.5. The van der Waals surface area contributed by atoms with E-state index in [4.69, 9.17) is 10.5 Å². The van der Waals surface area contributed by atoms with Crippen molar-refractivity contribution < 1.29 is 26.3 Å². The Hall–Kier alpha value is -2.99. The van der Waals surface area contributed by atoms with Gasteiger partial charge >= 0.3 is 0 Å². The molecule has 3 heterocycles. The number of rotatable bonds is 6. The van der Waals surface area contributed by atoms with Gasteiger partial charge in [0.1, 0.15) is 33.3 Å². The Morgan fingerprint density at radius 2 is 1.97 bits per heavy atom. The van der Waals surface area contributed by atoms with Crippen molar-refractivity contribution in [2.75, 3.05) is 23.9 Å². The lowest BCUT2D eigenvalue weighted by Gasteiger charge is -2.33. The van der Waals surface area contributed by atoms with Crippen molar-refractivity contribution in [2.24, 2.45) is 5.73 Å². The number of hydrogen-bond acceptors (Lipinski definition) is 8. The third-order valence-corrected chi connectivity index (χ3v) is 7.45. The van der Waals surface area contributed by atoms with E-state index in [1.807, 2.05) is 0 Å². The fourth-order valence-electron chi connectivity index (χ4n) is 3.81. The second-order valence-corrected chi connectivity index (χ2v) is 10.2. The fraction of sp³-hybridized carbons (Fsp3) is 0.381. The Bertz CT molecular complexity index is 1290. The van der Waals surface area contributed by atoms with E-state index in [1.54, 1.807) is 6.07 Å². The molecular weight excluding hydrogens is 459 g/mol. The highest BCUT2D eigenvalue weighted by atomic mass is 32.2. The van der Waals surface area contributed by atoms with E-state index < -0.39 is 33.2 Å². The average Bonchev–Trinajstić information content (AvgIpc) is 2.79. The first-order valence-corrected chi connectivity index (χ1v) is 11.9. The molecule has 0 spiro atoms. The highest BCUT2D eigenvalue weighted by Gasteiger charge is 2.37. The Morgan fingerprint density at radius 3 is 2.64 bits per heavy atom. The van der Waals surface area contributed by atoms with Crippen LogP contribution in [0.2, 0.25) is 0 Å². The number of nitrogens with one attached hydrogen (secondary N) is 1. The van der Waals surface area contributed by atoms with Crippen LogP contribution in [0.5, 0.6) is 5.88 Å². The predicted octanol–water partition coefficient (Wildman–Crippen LogP) is 3.08. The van der Waals surface area contributed by atoms with E-state index in [2.05, 4.69) is 20.3 Å². The molecule has 8 nitrogen and oxygen atoms in total. The first kappa shape index (κ1) is 23.2. The Balaban J connectivity index is 1.71. The number of sulfone groups is 1. The van der Waals surface area contributed by atoms with Gasteiger partial charge in [-0.05, 0) is 18.9 Å². The van der Waals surface area contributed by atoms with Gasteiger partial charge in [-0.15, -0.1) is 0 Å². The smallest absolute Gasteiger partial charge is 0.266 e. The van der Waals surface area contributed by atoms with Crippen LogP contribution in [-0.4, -0.2) is 42.0 Å². The first-order chi connectivity index (χ1) is 15.6. The van der Waals surface area contributed by atoms with Crippen LogP contribution in [-0.2, 0) is 21.9 Å². The van der Waals surface area contributed by atoms with E-state index in [1.165, 1.54) is 25.6 Å². The summed E-state index contributed by atoms with van der Waals surface area (Å²) < 4.78 is 69.6. The van der Waals surface area contributed by atoms with Crippen molar-refractivity contribution in [3.8, 4) is 5.88 Å². The van der Waals surface area contributed by atoms with Gasteiger partial charge in [0.25, 0.3) is 6.43 Å². The van der Waals surface area contributed by atoms with Gasteiger partial charge in [0, 0.05) is 12.1 Å². The zero-order chi connectivity index (χ0) is 23.8. The van der Waals surface area contributed by atoms with Crippen molar-refractivity contribution in [3.05, 3.63) is 53.2 Å². The van der Waals surface area contributed by atoms with E-state index >= 15 is 0 Å². The number of hydrogen-bond donors (Lipinski definition) is 2. The molecule has 1 fully saturated rings. The van der Waals surface area contributed by atoms with Gasteiger partial charge in [0.05, 0.1) is 40.8 Å². The Morgan fingerprint density at radius 1 is 1.24 bits per heavy atom. The number of halogens is 3. The number of alkyl halides is 2. The molecular formula is C21H22F3N5O3S. The summed E-state index contributed by atoms with van der Waals surface area (Å²) in [4.78, 5) is 12.9. The van der Waals surface area contributed by atoms with E-state index in [-0.39, 0.29) is 42.3 Å². The molecule has 0 bridgehead atoms. The molecule has 0 radical (unpaired) electrons. The van der Waals surface area contributed by atoms with Gasteiger partial charge < -0.3 is 15.8 Å². The van der Waals surface area contributed by atoms with Crippen molar-refractivity contribution in [1.29, 1.82) is 0 Å². The quantitative estimate of drug-likeness (QED) is 0.551. The minimum absolute atomic E-state index is 0.0496. The minimum Gasteiger partial charge on any atom is -0.479 e. The van der Waals surface area contributed by atoms with Gasteiger partial charge in [-0.25, -0.2) is 36.5 Å². The minimum atomic E-state index is -3.15. The predicted molar refractivity (Wildman–Crippen MR) is 116 cm³/mol. The lowest BCUT2D eigenvalue weighted by molar-refractivity contribution is 0.146. The molecule has 0 amide bonds. The number of benzene rings is 1. The summed E-state index contributed by atoms with van der Waals surface area (Å²) in [6.45, 7) is -0.107. The number of methoxy groups -OCH3 is 1. The molecule has 0 aliphatic carbocycles. The number of fused-ring (bicyclic) bond motifs is 1. The van der Waals surface area contributed by atoms with E-state index in [0.717, 1.165) is 6.07 Å². The molecule has 1 aromatic carbocycles. The van der Waals surface area contributed by atoms with Crippen molar-refractivity contribution in [3.63, 3.8) is 0 Å². The fourth-order valence-corrected chi connectivity index (χ4v) is 5.37. The number of anilines is 1. The summed E-state index contributed by atoms with van der Waals surface area (Å²) in [6.07, 6.45) is -1.27. The molecule has 1 aliphatic rings. The maximum Gasteiger partial charge on any atom is 0.266 e. The highest BCUT2D eigenvalue weighted by molar-refractivity contribution is 7.91. The zero-order valence-electron chi connectivity index (χ0n) is 17.7. The van der Waals surface area contributed by atoms with Crippen LogP contribution in [0.1, 0.15) is 36.1 Å². The third-order valence-electron chi connectivity index (χ3n) is 5.80. The molecule has 1 aliphatic heterocycles. The summed E-state index contributed by atoms with van der Waals surface area (Å²) >= 11 is 0. The molecule has 12 heteroatoms. The van der Waals surface area contributed by atoms with Crippen LogP contribution in [0.15, 0.2) is 30.6 Å². The van der Waals surface area contributed by atoms with Crippen LogP contribution in [0.3, 0.4) is 0 Å². The van der Waals surface area contributed by atoms with Crippen molar-refractivity contribution >= 4 is 26.6 Å². The van der Waals surface area contributed by atoms with Gasteiger partial charge in [0.2, 0.25) is 5.88 Å². The summed E-state index contributed by atoms with van der Waals surface area (Å²) in [5, 5.41) is 3.44. The summed E-state index contributed by atoms with van der Waals surface area (Å²) in [7, 11) is -1.73. The van der Waals surface area contributed by atoms with E-state index in [9.17, 15) is 21.6 Å². The van der Waals surface area contributed by atoms with Crippen LogP contribution < -0.4 is 15.8 Å². The molecule has 3 aromatic rings. The van der Waals surface area contributed by atoms with Gasteiger partial charge in [-0.3, -0.25) is 0 Å². The van der Waals surface area contributed by atoms with Crippen molar-refractivity contribution in [2.45, 2.75) is 31.4 Å². The highest BCUT2D eigenvalue weighted by Crippen LogP contribution is 2.35. The van der Waals surface area contributed by atoms with Gasteiger partial charge in [0.15, 0.2) is 0 Å².